The summed E-state index contributed by atoms with van der Waals surface area (Å²) in [5.74, 6) is -2.03. The molecule has 122 valence electrons. The Morgan fingerprint density at radius 2 is 2.00 bits per heavy atom. The first-order valence-electron chi connectivity index (χ1n) is 6.33. The standard InChI is InChI=1S/C13H17NO7S/c1-4-21-13(17)9-5-6-10(20-3)11(7-9)22(18,19)14-8(2)12(15)16/h5-8,14H,4H2,1-3H3,(H,15,16)/t8-/m0/s1. The van der Waals surface area contributed by atoms with Gasteiger partial charge in [-0.25, -0.2) is 13.2 Å². The smallest absolute Gasteiger partial charge is 0.338 e. The number of carboxylic acids is 1. The molecule has 8 nitrogen and oxygen atoms in total. The minimum absolute atomic E-state index is 0.0156. The number of carboxylic acid groups (broad SMARTS) is 1. The monoisotopic (exact) mass is 331 g/mol. The molecule has 0 fully saturated rings. The molecule has 1 atom stereocenters. The van der Waals surface area contributed by atoms with Gasteiger partial charge in [0.05, 0.1) is 19.3 Å². The van der Waals surface area contributed by atoms with Crippen LogP contribution in [0.1, 0.15) is 24.2 Å². The van der Waals surface area contributed by atoms with Crippen molar-refractivity contribution >= 4 is 22.0 Å². The fourth-order valence-corrected chi connectivity index (χ4v) is 2.97. The summed E-state index contributed by atoms with van der Waals surface area (Å²) in [5.41, 5.74) is 0.0194. The zero-order valence-corrected chi connectivity index (χ0v) is 13.1. The van der Waals surface area contributed by atoms with Crippen molar-refractivity contribution in [3.8, 4) is 5.75 Å². The van der Waals surface area contributed by atoms with Crippen molar-refractivity contribution in [2.24, 2.45) is 0 Å². The van der Waals surface area contributed by atoms with Crippen LogP contribution in [0.2, 0.25) is 0 Å². The molecule has 0 saturated heterocycles. The molecule has 0 aliphatic rings. The minimum Gasteiger partial charge on any atom is -0.495 e. The number of esters is 1. The van der Waals surface area contributed by atoms with Crippen LogP contribution in [0, 0.1) is 0 Å². The van der Waals surface area contributed by atoms with Gasteiger partial charge < -0.3 is 14.6 Å². The summed E-state index contributed by atoms with van der Waals surface area (Å²) >= 11 is 0. The van der Waals surface area contributed by atoms with Crippen molar-refractivity contribution in [1.29, 1.82) is 0 Å². The second kappa shape index (κ2) is 7.23. The number of methoxy groups -OCH3 is 1. The van der Waals surface area contributed by atoms with Gasteiger partial charge in [-0.3, -0.25) is 4.79 Å². The first-order chi connectivity index (χ1) is 10.2. The Morgan fingerprint density at radius 3 is 2.50 bits per heavy atom. The number of sulfonamides is 1. The zero-order chi connectivity index (χ0) is 16.9. The van der Waals surface area contributed by atoms with E-state index in [4.69, 9.17) is 14.6 Å². The summed E-state index contributed by atoms with van der Waals surface area (Å²) in [6.45, 7) is 2.94. The summed E-state index contributed by atoms with van der Waals surface area (Å²) in [4.78, 5) is 22.1. The highest BCUT2D eigenvalue weighted by Crippen LogP contribution is 2.25. The summed E-state index contributed by atoms with van der Waals surface area (Å²) in [5, 5.41) is 8.80. The van der Waals surface area contributed by atoms with Crippen molar-refractivity contribution in [2.75, 3.05) is 13.7 Å². The van der Waals surface area contributed by atoms with Crippen LogP contribution in [0.5, 0.6) is 5.75 Å². The van der Waals surface area contributed by atoms with Gasteiger partial charge in [-0.2, -0.15) is 4.72 Å². The molecule has 0 heterocycles. The number of aliphatic carboxylic acids is 1. The van der Waals surface area contributed by atoms with Crippen LogP contribution in [0.4, 0.5) is 0 Å². The van der Waals surface area contributed by atoms with E-state index >= 15 is 0 Å². The molecule has 0 aliphatic heterocycles. The van der Waals surface area contributed by atoms with Crippen LogP contribution in [0.3, 0.4) is 0 Å². The predicted octanol–water partition coefficient (Wildman–Crippen LogP) is 0.623. The lowest BCUT2D eigenvalue weighted by Crippen LogP contribution is -2.38. The van der Waals surface area contributed by atoms with Gasteiger partial charge in [0.25, 0.3) is 0 Å². The van der Waals surface area contributed by atoms with Gasteiger partial charge in [0.2, 0.25) is 10.0 Å². The number of ether oxygens (including phenoxy) is 2. The summed E-state index contributed by atoms with van der Waals surface area (Å²) in [6.07, 6.45) is 0. The molecule has 1 aromatic carbocycles. The molecule has 0 radical (unpaired) electrons. The lowest BCUT2D eigenvalue weighted by Gasteiger charge is -2.14. The van der Waals surface area contributed by atoms with E-state index in [9.17, 15) is 18.0 Å². The van der Waals surface area contributed by atoms with E-state index in [0.717, 1.165) is 6.07 Å². The van der Waals surface area contributed by atoms with Crippen LogP contribution in [0.25, 0.3) is 0 Å². The molecule has 0 aliphatic carbocycles. The lowest BCUT2D eigenvalue weighted by atomic mass is 10.2. The molecular weight excluding hydrogens is 314 g/mol. The van der Waals surface area contributed by atoms with Crippen molar-refractivity contribution < 1.29 is 32.6 Å². The van der Waals surface area contributed by atoms with Crippen LogP contribution in [0.15, 0.2) is 23.1 Å². The van der Waals surface area contributed by atoms with Crippen LogP contribution in [-0.4, -0.2) is 45.2 Å². The molecule has 1 aromatic rings. The number of hydrogen-bond donors (Lipinski definition) is 2. The largest absolute Gasteiger partial charge is 0.495 e. The molecule has 0 bridgehead atoms. The molecular formula is C13H17NO7S. The van der Waals surface area contributed by atoms with E-state index in [1.54, 1.807) is 6.92 Å². The molecule has 0 saturated carbocycles. The number of carbonyl (C=O) groups is 2. The van der Waals surface area contributed by atoms with Crippen molar-refractivity contribution in [3.05, 3.63) is 23.8 Å². The highest BCUT2D eigenvalue weighted by atomic mass is 32.2. The van der Waals surface area contributed by atoms with Crippen LogP contribution < -0.4 is 9.46 Å². The number of benzene rings is 1. The summed E-state index contributed by atoms with van der Waals surface area (Å²) in [6, 6.07) is 2.40. The topological polar surface area (TPSA) is 119 Å². The maximum atomic E-state index is 12.3. The van der Waals surface area contributed by atoms with E-state index in [2.05, 4.69) is 0 Å². The predicted molar refractivity (Wildman–Crippen MR) is 76.4 cm³/mol. The van der Waals surface area contributed by atoms with E-state index in [1.807, 2.05) is 4.72 Å². The quantitative estimate of drug-likeness (QED) is 0.703. The Kier molecular flexibility index (Phi) is 5.89. The van der Waals surface area contributed by atoms with Crippen molar-refractivity contribution in [1.82, 2.24) is 4.72 Å². The second-order valence-corrected chi connectivity index (χ2v) is 5.95. The second-order valence-electron chi connectivity index (χ2n) is 4.27. The van der Waals surface area contributed by atoms with E-state index < -0.39 is 28.0 Å². The van der Waals surface area contributed by atoms with Gasteiger partial charge in [-0.05, 0) is 32.0 Å². The maximum absolute atomic E-state index is 12.3. The normalized spacial score (nSPS) is 12.5. The van der Waals surface area contributed by atoms with Gasteiger partial charge in [0.15, 0.2) is 0 Å². The minimum atomic E-state index is -4.18. The molecule has 2 N–H and O–H groups in total. The first kappa shape index (κ1) is 17.9. The number of nitrogens with one attached hydrogen (secondary N) is 1. The van der Waals surface area contributed by atoms with Crippen molar-refractivity contribution in [2.45, 2.75) is 24.8 Å². The van der Waals surface area contributed by atoms with E-state index in [0.29, 0.717) is 0 Å². The van der Waals surface area contributed by atoms with Crippen LogP contribution >= 0.6 is 0 Å². The summed E-state index contributed by atoms with van der Waals surface area (Å²) in [7, 11) is -2.92. The number of carbonyl (C=O) groups excluding carboxylic acids is 1. The van der Waals surface area contributed by atoms with Gasteiger partial charge >= 0.3 is 11.9 Å². The third-order valence-corrected chi connectivity index (χ3v) is 4.23. The Balaban J connectivity index is 3.28. The number of hydrogen-bond acceptors (Lipinski definition) is 6. The highest BCUT2D eigenvalue weighted by molar-refractivity contribution is 7.89. The van der Waals surface area contributed by atoms with Gasteiger partial charge in [0.1, 0.15) is 16.7 Å². The molecule has 0 unspecified atom stereocenters. The average Bonchev–Trinajstić information content (AvgIpc) is 2.46. The third-order valence-electron chi connectivity index (χ3n) is 2.67. The van der Waals surface area contributed by atoms with Crippen LogP contribution in [-0.2, 0) is 19.6 Å². The molecule has 9 heteroatoms. The third kappa shape index (κ3) is 4.18. The molecule has 0 spiro atoms. The zero-order valence-electron chi connectivity index (χ0n) is 12.3. The highest BCUT2D eigenvalue weighted by Gasteiger charge is 2.26. The van der Waals surface area contributed by atoms with E-state index in [1.165, 1.54) is 26.2 Å². The maximum Gasteiger partial charge on any atom is 0.338 e. The first-order valence-corrected chi connectivity index (χ1v) is 7.81. The Morgan fingerprint density at radius 1 is 1.36 bits per heavy atom. The van der Waals surface area contributed by atoms with E-state index in [-0.39, 0.29) is 22.8 Å². The van der Waals surface area contributed by atoms with Gasteiger partial charge in [-0.1, -0.05) is 0 Å². The Labute approximate surface area is 128 Å². The molecule has 22 heavy (non-hydrogen) atoms. The molecule has 1 rings (SSSR count). The molecule has 0 amide bonds. The number of rotatable bonds is 7. The average molecular weight is 331 g/mol. The lowest BCUT2D eigenvalue weighted by molar-refractivity contribution is -0.138. The molecule has 0 aromatic heterocycles. The van der Waals surface area contributed by atoms with Gasteiger partial charge in [-0.15, -0.1) is 0 Å². The fourth-order valence-electron chi connectivity index (χ4n) is 1.57. The Bertz CT molecular complexity index is 669. The van der Waals surface area contributed by atoms with Crippen molar-refractivity contribution in [3.63, 3.8) is 0 Å². The Hall–Kier alpha value is -2.13. The van der Waals surface area contributed by atoms with Gasteiger partial charge in [0, 0.05) is 0 Å². The SMILES string of the molecule is CCOC(=O)c1ccc(OC)c(S(=O)(=O)N[C@@H](C)C(=O)O)c1. The summed E-state index contributed by atoms with van der Waals surface area (Å²) < 4.78 is 36.2. The fraction of sp³-hybridized carbons (Fsp3) is 0.385.